The van der Waals surface area contributed by atoms with Gasteiger partial charge in [0.1, 0.15) is 0 Å². The number of hydrogen-bond donors (Lipinski definition) is 2. The summed E-state index contributed by atoms with van der Waals surface area (Å²) < 4.78 is 5.69. The lowest BCUT2D eigenvalue weighted by molar-refractivity contribution is -0.0713. The number of nitrogens with zero attached hydrogens (tertiary/aromatic N) is 1. The monoisotopic (exact) mass is 291 g/mol. The number of aromatic nitrogens is 2. The second kappa shape index (κ2) is 5.11. The number of rotatable bonds is 4. The third-order valence-electron chi connectivity index (χ3n) is 4.20. The second-order valence-corrected chi connectivity index (χ2v) is 5.82. The number of nitrogen functional groups attached to an aromatic ring is 1. The molecule has 106 valence electrons. The van der Waals surface area contributed by atoms with Crippen molar-refractivity contribution in [2.45, 2.75) is 31.3 Å². The molecular formula is C15H18ClN3O. The van der Waals surface area contributed by atoms with Crippen LogP contribution >= 0.6 is 11.6 Å². The molecule has 4 nitrogen and oxygen atoms in total. The van der Waals surface area contributed by atoms with Gasteiger partial charge in [0.05, 0.1) is 5.60 Å². The van der Waals surface area contributed by atoms with Gasteiger partial charge in [-0.05, 0) is 37.0 Å². The Labute approximate surface area is 123 Å². The van der Waals surface area contributed by atoms with Gasteiger partial charge in [-0.25, -0.2) is 0 Å². The van der Waals surface area contributed by atoms with Crippen LogP contribution in [0, 0.1) is 0 Å². The van der Waals surface area contributed by atoms with Crippen molar-refractivity contribution in [1.82, 2.24) is 10.2 Å². The number of hydrogen-bond acceptors (Lipinski definition) is 3. The Kier molecular flexibility index (Phi) is 3.44. The van der Waals surface area contributed by atoms with Gasteiger partial charge >= 0.3 is 0 Å². The SMILES string of the molecule is COC1(Cc2[nH]nc(N)c2-c2ccc(Cl)cc2)CCC1. The van der Waals surface area contributed by atoms with Crippen molar-refractivity contribution in [2.75, 3.05) is 12.8 Å². The van der Waals surface area contributed by atoms with Gasteiger partial charge in [-0.1, -0.05) is 23.7 Å². The molecule has 2 aromatic rings. The Balaban J connectivity index is 1.95. The fraction of sp³-hybridized carbons (Fsp3) is 0.400. The van der Waals surface area contributed by atoms with E-state index in [0.717, 1.165) is 36.1 Å². The Bertz CT molecular complexity index is 597. The summed E-state index contributed by atoms with van der Waals surface area (Å²) in [6, 6.07) is 7.66. The van der Waals surface area contributed by atoms with Gasteiger partial charge < -0.3 is 10.5 Å². The van der Waals surface area contributed by atoms with E-state index < -0.39 is 0 Å². The summed E-state index contributed by atoms with van der Waals surface area (Å²) in [5.41, 5.74) is 8.99. The zero-order valence-corrected chi connectivity index (χ0v) is 12.2. The fourth-order valence-electron chi connectivity index (χ4n) is 2.81. The lowest BCUT2D eigenvalue weighted by Crippen LogP contribution is -2.41. The standard InChI is InChI=1S/C15H18ClN3O/c1-20-15(7-2-8-15)9-12-13(14(17)19-18-12)10-3-5-11(16)6-4-10/h3-6H,2,7-9H2,1H3,(H3,17,18,19). The molecule has 1 fully saturated rings. The lowest BCUT2D eigenvalue weighted by Gasteiger charge is -2.40. The smallest absolute Gasteiger partial charge is 0.153 e. The summed E-state index contributed by atoms with van der Waals surface area (Å²) in [5, 5.41) is 7.93. The van der Waals surface area contributed by atoms with E-state index in [4.69, 9.17) is 22.1 Å². The molecule has 1 aliphatic rings. The maximum Gasteiger partial charge on any atom is 0.153 e. The van der Waals surface area contributed by atoms with Crippen LogP contribution in [0.4, 0.5) is 5.82 Å². The molecule has 3 rings (SSSR count). The highest BCUT2D eigenvalue weighted by molar-refractivity contribution is 6.30. The third-order valence-corrected chi connectivity index (χ3v) is 4.45. The van der Waals surface area contributed by atoms with Crippen molar-refractivity contribution >= 4 is 17.4 Å². The van der Waals surface area contributed by atoms with E-state index in [2.05, 4.69) is 10.2 Å². The minimum absolute atomic E-state index is 0.0554. The zero-order chi connectivity index (χ0) is 14.2. The normalized spacial score (nSPS) is 16.9. The summed E-state index contributed by atoms with van der Waals surface area (Å²) in [7, 11) is 1.78. The quantitative estimate of drug-likeness (QED) is 0.907. The van der Waals surface area contributed by atoms with Gasteiger partial charge in [-0.3, -0.25) is 5.10 Å². The van der Waals surface area contributed by atoms with E-state index >= 15 is 0 Å². The summed E-state index contributed by atoms with van der Waals surface area (Å²) >= 11 is 5.94. The molecule has 1 heterocycles. The van der Waals surface area contributed by atoms with Crippen molar-refractivity contribution in [2.24, 2.45) is 0 Å². The molecule has 0 radical (unpaired) electrons. The minimum atomic E-state index is -0.0554. The predicted molar refractivity (Wildman–Crippen MR) is 80.7 cm³/mol. The average Bonchev–Trinajstić information content (AvgIpc) is 2.76. The van der Waals surface area contributed by atoms with E-state index in [0.29, 0.717) is 10.8 Å². The van der Waals surface area contributed by atoms with E-state index in [9.17, 15) is 0 Å². The first-order valence-corrected chi connectivity index (χ1v) is 7.15. The maximum absolute atomic E-state index is 6.02. The number of H-pyrrole nitrogens is 1. The first kappa shape index (κ1) is 13.5. The molecule has 1 aliphatic carbocycles. The first-order valence-electron chi connectivity index (χ1n) is 6.77. The molecule has 0 atom stereocenters. The van der Waals surface area contributed by atoms with Gasteiger partial charge in [0, 0.05) is 29.8 Å². The predicted octanol–water partition coefficient (Wildman–Crippen LogP) is 3.42. The molecule has 0 unspecified atom stereocenters. The van der Waals surface area contributed by atoms with E-state index in [-0.39, 0.29) is 5.60 Å². The molecule has 20 heavy (non-hydrogen) atoms. The van der Waals surface area contributed by atoms with Crippen LogP contribution in [0.25, 0.3) is 11.1 Å². The topological polar surface area (TPSA) is 63.9 Å². The molecule has 3 N–H and O–H groups in total. The summed E-state index contributed by atoms with van der Waals surface area (Å²) in [4.78, 5) is 0. The van der Waals surface area contributed by atoms with Gasteiger partial charge in [0.2, 0.25) is 0 Å². The zero-order valence-electron chi connectivity index (χ0n) is 11.4. The maximum atomic E-state index is 6.02. The lowest BCUT2D eigenvalue weighted by atomic mass is 9.76. The molecule has 5 heteroatoms. The average molecular weight is 292 g/mol. The summed E-state index contributed by atoms with van der Waals surface area (Å²) in [6.45, 7) is 0. The van der Waals surface area contributed by atoms with Crippen LogP contribution in [0.15, 0.2) is 24.3 Å². The van der Waals surface area contributed by atoms with Crippen molar-refractivity contribution in [1.29, 1.82) is 0 Å². The van der Waals surface area contributed by atoms with Gasteiger partial charge in [-0.15, -0.1) is 0 Å². The second-order valence-electron chi connectivity index (χ2n) is 5.39. The number of nitrogens with two attached hydrogens (primary N) is 1. The molecule has 0 aliphatic heterocycles. The number of nitrogens with one attached hydrogen (secondary N) is 1. The molecule has 1 aromatic carbocycles. The number of benzene rings is 1. The third kappa shape index (κ3) is 2.30. The fourth-order valence-corrected chi connectivity index (χ4v) is 2.93. The Morgan fingerprint density at radius 2 is 2.05 bits per heavy atom. The van der Waals surface area contributed by atoms with Gasteiger partial charge in [0.25, 0.3) is 0 Å². The van der Waals surface area contributed by atoms with Crippen molar-refractivity contribution in [3.63, 3.8) is 0 Å². The van der Waals surface area contributed by atoms with Crippen molar-refractivity contribution in [3.05, 3.63) is 35.0 Å². The number of anilines is 1. The minimum Gasteiger partial charge on any atom is -0.382 e. The summed E-state index contributed by atoms with van der Waals surface area (Å²) in [5.74, 6) is 0.521. The van der Waals surface area contributed by atoms with Crippen LogP contribution in [0.5, 0.6) is 0 Å². The van der Waals surface area contributed by atoms with Crippen LogP contribution in [-0.4, -0.2) is 22.9 Å². The molecule has 0 bridgehead atoms. The van der Waals surface area contributed by atoms with Crippen LogP contribution in [0.3, 0.4) is 0 Å². The molecule has 0 amide bonds. The number of methoxy groups -OCH3 is 1. The number of aromatic amines is 1. The largest absolute Gasteiger partial charge is 0.382 e. The van der Waals surface area contributed by atoms with Crippen molar-refractivity contribution in [3.8, 4) is 11.1 Å². The first-order chi connectivity index (χ1) is 9.63. The van der Waals surface area contributed by atoms with Crippen LogP contribution in [0.2, 0.25) is 5.02 Å². The summed E-state index contributed by atoms with van der Waals surface area (Å²) in [6.07, 6.45) is 4.20. The molecule has 0 saturated heterocycles. The van der Waals surface area contributed by atoms with Crippen LogP contribution in [0.1, 0.15) is 25.0 Å². The van der Waals surface area contributed by atoms with Gasteiger partial charge in [0.15, 0.2) is 5.82 Å². The molecule has 1 aromatic heterocycles. The highest BCUT2D eigenvalue weighted by atomic mass is 35.5. The number of halogens is 1. The Hall–Kier alpha value is -1.52. The highest BCUT2D eigenvalue weighted by Gasteiger charge is 2.38. The molecule has 0 spiro atoms. The molecular weight excluding hydrogens is 274 g/mol. The van der Waals surface area contributed by atoms with E-state index in [1.54, 1.807) is 7.11 Å². The van der Waals surface area contributed by atoms with E-state index in [1.165, 1.54) is 6.42 Å². The molecule has 1 saturated carbocycles. The Morgan fingerprint density at radius 1 is 1.35 bits per heavy atom. The van der Waals surface area contributed by atoms with Crippen LogP contribution < -0.4 is 5.73 Å². The highest BCUT2D eigenvalue weighted by Crippen LogP contribution is 2.40. The Morgan fingerprint density at radius 3 is 2.60 bits per heavy atom. The number of ether oxygens (including phenoxy) is 1. The van der Waals surface area contributed by atoms with E-state index in [1.807, 2.05) is 24.3 Å². The van der Waals surface area contributed by atoms with Gasteiger partial charge in [-0.2, -0.15) is 5.10 Å². The van der Waals surface area contributed by atoms with Crippen molar-refractivity contribution < 1.29 is 4.74 Å². The van der Waals surface area contributed by atoms with Crippen LogP contribution in [-0.2, 0) is 11.2 Å².